The summed E-state index contributed by atoms with van der Waals surface area (Å²) in [6, 6.07) is 5.03. The minimum absolute atomic E-state index is 0.0581. The molecular weight excluding hydrogens is 467 g/mol. The van der Waals surface area contributed by atoms with Crippen molar-refractivity contribution in [2.75, 3.05) is 23.7 Å². The maximum atomic E-state index is 15.1. The SMILES string of the molecule is Cc1ccc2c(N)c(C(=O)NC3CCc4nc(N5CC(N)C(OC(C)C)C5)c(F)cc4C3)sc2n1. The van der Waals surface area contributed by atoms with E-state index in [1.54, 1.807) is 6.07 Å². The smallest absolute Gasteiger partial charge is 0.263 e. The van der Waals surface area contributed by atoms with Gasteiger partial charge in [0.25, 0.3) is 5.91 Å². The van der Waals surface area contributed by atoms with Crippen LogP contribution < -0.4 is 21.7 Å². The summed E-state index contributed by atoms with van der Waals surface area (Å²) in [5.41, 5.74) is 15.5. The summed E-state index contributed by atoms with van der Waals surface area (Å²) < 4.78 is 21.0. The van der Waals surface area contributed by atoms with Crippen molar-refractivity contribution in [2.45, 2.75) is 64.3 Å². The Balaban J connectivity index is 1.29. The second-order valence-corrected chi connectivity index (χ2v) is 10.8. The zero-order valence-corrected chi connectivity index (χ0v) is 21.0. The first-order valence-electron chi connectivity index (χ1n) is 12.0. The zero-order chi connectivity index (χ0) is 24.9. The molecule has 3 atom stereocenters. The number of aryl methyl sites for hydroxylation is 2. The molecule has 1 saturated heterocycles. The number of nitrogens with one attached hydrogen (secondary N) is 1. The van der Waals surface area contributed by atoms with Gasteiger partial charge in [-0.25, -0.2) is 14.4 Å². The van der Waals surface area contributed by atoms with Crippen molar-refractivity contribution in [3.05, 3.63) is 45.8 Å². The Bertz CT molecular complexity index is 1280. The lowest BCUT2D eigenvalue weighted by molar-refractivity contribution is 0.0127. The molecule has 3 aromatic rings. The van der Waals surface area contributed by atoms with E-state index in [1.165, 1.54) is 11.3 Å². The molecule has 2 aliphatic rings. The third-order valence-corrected chi connectivity index (χ3v) is 7.77. The second kappa shape index (κ2) is 9.33. The number of nitrogens with two attached hydrogens (primary N) is 2. The number of halogens is 1. The summed E-state index contributed by atoms with van der Waals surface area (Å²) >= 11 is 1.30. The number of hydrogen-bond donors (Lipinski definition) is 3. The Hall–Kier alpha value is -2.82. The molecule has 35 heavy (non-hydrogen) atoms. The van der Waals surface area contributed by atoms with Gasteiger partial charge < -0.3 is 26.4 Å². The van der Waals surface area contributed by atoms with E-state index >= 15 is 4.39 Å². The van der Waals surface area contributed by atoms with Crippen molar-refractivity contribution in [3.63, 3.8) is 0 Å². The summed E-state index contributed by atoms with van der Waals surface area (Å²) in [5.74, 6) is -0.260. The van der Waals surface area contributed by atoms with Crippen molar-refractivity contribution in [1.82, 2.24) is 15.3 Å². The van der Waals surface area contributed by atoms with Crippen LogP contribution in [0.3, 0.4) is 0 Å². The molecule has 8 nitrogen and oxygen atoms in total. The second-order valence-electron chi connectivity index (χ2n) is 9.76. The van der Waals surface area contributed by atoms with Gasteiger partial charge in [0, 0.05) is 35.9 Å². The number of anilines is 2. The topological polar surface area (TPSA) is 119 Å². The molecule has 1 amide bonds. The lowest BCUT2D eigenvalue weighted by Crippen LogP contribution is -2.39. The number of aromatic nitrogens is 2. The Labute approximate surface area is 207 Å². The number of nitrogen functional groups attached to an aromatic ring is 1. The number of carbonyl (C=O) groups excluding carboxylic acids is 1. The van der Waals surface area contributed by atoms with Crippen LogP contribution in [0.1, 0.15) is 46.9 Å². The van der Waals surface area contributed by atoms with Gasteiger partial charge in [0.1, 0.15) is 9.71 Å². The van der Waals surface area contributed by atoms with Crippen LogP contribution in [0.15, 0.2) is 18.2 Å². The van der Waals surface area contributed by atoms with Gasteiger partial charge in [-0.3, -0.25) is 4.79 Å². The number of ether oxygens (including phenoxy) is 1. The largest absolute Gasteiger partial charge is 0.397 e. The van der Waals surface area contributed by atoms with Gasteiger partial charge in [0.2, 0.25) is 0 Å². The average Bonchev–Trinajstić information content (AvgIpc) is 3.31. The van der Waals surface area contributed by atoms with Gasteiger partial charge in [0.15, 0.2) is 11.6 Å². The molecule has 0 spiro atoms. The number of hydrogen-bond acceptors (Lipinski definition) is 8. The summed E-state index contributed by atoms with van der Waals surface area (Å²) in [6.07, 6.45) is 1.81. The maximum absolute atomic E-state index is 15.1. The minimum atomic E-state index is -0.372. The summed E-state index contributed by atoms with van der Waals surface area (Å²) in [6.45, 7) is 6.86. The number of amides is 1. The zero-order valence-electron chi connectivity index (χ0n) is 20.2. The third-order valence-electron chi connectivity index (χ3n) is 6.65. The Morgan fingerprint density at radius 1 is 1.31 bits per heavy atom. The fraction of sp³-hybridized carbons (Fsp3) is 0.480. The van der Waals surface area contributed by atoms with Crippen LogP contribution in [-0.4, -0.2) is 53.3 Å². The van der Waals surface area contributed by atoms with Gasteiger partial charge in [-0.1, -0.05) is 0 Å². The van der Waals surface area contributed by atoms with Crippen LogP contribution >= 0.6 is 11.3 Å². The van der Waals surface area contributed by atoms with Crippen LogP contribution in [0, 0.1) is 12.7 Å². The molecule has 1 aliphatic heterocycles. The number of rotatable bonds is 5. The molecule has 5 rings (SSSR count). The van der Waals surface area contributed by atoms with E-state index in [2.05, 4.69) is 15.3 Å². The van der Waals surface area contributed by atoms with Gasteiger partial charge >= 0.3 is 0 Å². The van der Waals surface area contributed by atoms with Gasteiger partial charge in [-0.2, -0.15) is 0 Å². The van der Waals surface area contributed by atoms with Crippen molar-refractivity contribution in [2.24, 2.45) is 5.73 Å². The first kappa shape index (κ1) is 23.9. The number of nitrogens with zero attached hydrogens (tertiary/aromatic N) is 3. The van der Waals surface area contributed by atoms with Crippen molar-refractivity contribution in [3.8, 4) is 0 Å². The van der Waals surface area contributed by atoms with E-state index in [9.17, 15) is 4.79 Å². The average molecular weight is 499 g/mol. The fourth-order valence-electron chi connectivity index (χ4n) is 4.95. The molecule has 0 bridgehead atoms. The molecule has 1 fully saturated rings. The number of fused-ring (bicyclic) bond motifs is 2. The minimum Gasteiger partial charge on any atom is -0.397 e. The monoisotopic (exact) mass is 498 g/mol. The Morgan fingerprint density at radius 3 is 2.89 bits per heavy atom. The first-order valence-corrected chi connectivity index (χ1v) is 12.8. The van der Waals surface area contributed by atoms with Crippen LogP contribution in [0.5, 0.6) is 0 Å². The lowest BCUT2D eigenvalue weighted by Gasteiger charge is -2.27. The van der Waals surface area contributed by atoms with Crippen LogP contribution in [0.25, 0.3) is 10.2 Å². The van der Waals surface area contributed by atoms with Crippen LogP contribution in [0.2, 0.25) is 0 Å². The molecule has 186 valence electrons. The van der Waals surface area contributed by atoms with Gasteiger partial charge in [-0.15, -0.1) is 11.3 Å². The normalized spacial score (nSPS) is 22.1. The number of thiophene rings is 1. The van der Waals surface area contributed by atoms with E-state index in [0.29, 0.717) is 42.3 Å². The van der Waals surface area contributed by atoms with Crippen molar-refractivity contribution < 1.29 is 13.9 Å². The highest BCUT2D eigenvalue weighted by Crippen LogP contribution is 2.33. The number of pyridine rings is 2. The van der Waals surface area contributed by atoms with Gasteiger partial charge in [-0.05, 0) is 63.8 Å². The van der Waals surface area contributed by atoms with Crippen LogP contribution in [0.4, 0.5) is 15.9 Å². The Morgan fingerprint density at radius 2 is 2.11 bits per heavy atom. The molecule has 0 radical (unpaired) electrons. The third kappa shape index (κ3) is 4.70. The molecule has 10 heteroatoms. The fourth-order valence-corrected chi connectivity index (χ4v) is 5.99. The van der Waals surface area contributed by atoms with E-state index in [4.69, 9.17) is 16.2 Å². The molecular formula is C25H31FN6O2S. The molecule has 1 aliphatic carbocycles. The van der Waals surface area contributed by atoms with Crippen LogP contribution in [-0.2, 0) is 17.6 Å². The predicted octanol–water partition coefficient (Wildman–Crippen LogP) is 2.95. The summed E-state index contributed by atoms with van der Waals surface area (Å²) in [4.78, 5) is 25.2. The van der Waals surface area contributed by atoms with E-state index in [1.807, 2.05) is 37.8 Å². The molecule has 5 N–H and O–H groups in total. The molecule has 3 unspecified atom stereocenters. The predicted molar refractivity (Wildman–Crippen MR) is 136 cm³/mol. The molecule has 0 aromatic carbocycles. The summed E-state index contributed by atoms with van der Waals surface area (Å²) in [5, 5.41) is 3.87. The molecule has 4 heterocycles. The van der Waals surface area contributed by atoms with Crippen molar-refractivity contribution >= 4 is 39.0 Å². The van der Waals surface area contributed by atoms with E-state index in [0.717, 1.165) is 33.6 Å². The highest BCUT2D eigenvalue weighted by molar-refractivity contribution is 7.21. The highest BCUT2D eigenvalue weighted by atomic mass is 32.1. The highest BCUT2D eigenvalue weighted by Gasteiger charge is 2.34. The van der Waals surface area contributed by atoms with E-state index in [-0.39, 0.29) is 36.0 Å². The van der Waals surface area contributed by atoms with Gasteiger partial charge in [0.05, 0.1) is 23.9 Å². The molecule has 0 saturated carbocycles. The number of carbonyl (C=O) groups is 1. The molecule has 3 aromatic heterocycles. The quantitative estimate of drug-likeness (QED) is 0.495. The standard InChI is InChI=1S/C25H31FN6O2S/c1-12(2)34-20-11-32(10-18(20)27)23-17(26)9-14-8-15(5-7-19(14)31-23)30-24(33)22-21(28)16-6-4-13(3)29-25(16)35-22/h4,6,9,12,15,18,20H,5,7-8,10-11,27-28H2,1-3H3,(H,30,33). The maximum Gasteiger partial charge on any atom is 0.263 e. The lowest BCUT2D eigenvalue weighted by atomic mass is 9.91. The van der Waals surface area contributed by atoms with E-state index < -0.39 is 0 Å². The van der Waals surface area contributed by atoms with Crippen molar-refractivity contribution in [1.29, 1.82) is 0 Å². The Kier molecular flexibility index (Phi) is 6.37. The summed E-state index contributed by atoms with van der Waals surface area (Å²) in [7, 11) is 0. The first-order chi connectivity index (χ1) is 16.7.